The fourth-order valence-electron chi connectivity index (χ4n) is 3.74. The summed E-state index contributed by atoms with van der Waals surface area (Å²) < 4.78 is 0. The average Bonchev–Trinajstić information content (AvgIpc) is 3.09. The van der Waals surface area contributed by atoms with Crippen LogP contribution in [0.2, 0.25) is 0 Å². The largest absolute Gasteiger partial charge is 0.303 e. The second-order valence-corrected chi connectivity index (χ2v) is 8.17. The van der Waals surface area contributed by atoms with E-state index in [0.29, 0.717) is 5.92 Å². The van der Waals surface area contributed by atoms with Crippen molar-refractivity contribution in [1.82, 2.24) is 4.90 Å². The lowest BCUT2D eigenvalue weighted by Crippen LogP contribution is -2.22. The van der Waals surface area contributed by atoms with E-state index in [-0.39, 0.29) is 5.41 Å². The normalized spacial score (nSPS) is 17.1. The third kappa shape index (κ3) is 4.27. The first kappa shape index (κ1) is 17.2. The van der Waals surface area contributed by atoms with E-state index in [1.54, 1.807) is 0 Å². The van der Waals surface area contributed by atoms with E-state index < -0.39 is 0 Å². The van der Waals surface area contributed by atoms with E-state index in [4.69, 9.17) is 0 Å². The fraction of sp³-hybridized carbons (Fsp3) is 0.478. The number of nitrogens with zero attached hydrogens (tertiary/aromatic N) is 1. The van der Waals surface area contributed by atoms with Crippen LogP contribution >= 0.6 is 0 Å². The molecule has 1 fully saturated rings. The van der Waals surface area contributed by atoms with Crippen molar-refractivity contribution in [1.29, 1.82) is 0 Å². The average molecular weight is 322 g/mol. The summed E-state index contributed by atoms with van der Waals surface area (Å²) in [6.07, 6.45) is 3.95. The summed E-state index contributed by atoms with van der Waals surface area (Å²) in [6.45, 7) is 10.6. The lowest BCUT2D eigenvalue weighted by molar-refractivity contribution is 0.327. The first-order valence-corrected chi connectivity index (χ1v) is 9.42. The molecule has 1 aliphatic heterocycles. The molecule has 0 N–H and O–H groups in total. The second-order valence-electron chi connectivity index (χ2n) is 8.17. The molecule has 0 aromatic heterocycles. The van der Waals surface area contributed by atoms with Gasteiger partial charge in [0.2, 0.25) is 0 Å². The summed E-state index contributed by atoms with van der Waals surface area (Å²) in [4.78, 5) is 2.62. The lowest BCUT2D eigenvalue weighted by Gasteiger charge is -2.24. The summed E-state index contributed by atoms with van der Waals surface area (Å²) in [6, 6.07) is 20.4. The molecular weight excluding hydrogens is 290 g/mol. The maximum Gasteiger partial charge on any atom is 0.0101 e. The van der Waals surface area contributed by atoms with Crippen molar-refractivity contribution in [3.8, 4) is 0 Å². The highest BCUT2D eigenvalue weighted by molar-refractivity contribution is 5.35. The monoisotopic (exact) mass is 321 g/mol. The van der Waals surface area contributed by atoms with Gasteiger partial charge in [-0.3, -0.25) is 0 Å². The predicted octanol–water partition coefficient (Wildman–Crippen LogP) is 5.60. The van der Waals surface area contributed by atoms with Crippen molar-refractivity contribution in [2.45, 2.75) is 51.4 Å². The molecule has 0 radical (unpaired) electrons. The molecular formula is C23H31N. The Morgan fingerprint density at radius 3 is 2.00 bits per heavy atom. The summed E-state index contributed by atoms with van der Waals surface area (Å²) in [5.74, 6) is 0.501. The van der Waals surface area contributed by atoms with Crippen LogP contribution in [-0.2, 0) is 5.41 Å². The first-order valence-electron chi connectivity index (χ1n) is 9.42. The van der Waals surface area contributed by atoms with Gasteiger partial charge in [-0.2, -0.15) is 0 Å². The lowest BCUT2D eigenvalue weighted by atomic mass is 9.83. The standard InChI is InChI=1S/C23H31N/c1-23(2,3)21-13-11-20(12-14-21)22(19-9-5-4-6-10-19)15-18-24-16-7-8-17-24/h4-6,9-14,22H,7-8,15-18H2,1-3H3. The highest BCUT2D eigenvalue weighted by atomic mass is 15.1. The number of rotatable bonds is 5. The molecule has 128 valence electrons. The Bertz CT molecular complexity index is 615. The minimum atomic E-state index is 0.219. The zero-order chi connectivity index (χ0) is 17.0. The van der Waals surface area contributed by atoms with Gasteiger partial charge in [-0.25, -0.2) is 0 Å². The number of hydrogen-bond acceptors (Lipinski definition) is 1. The Morgan fingerprint density at radius 1 is 0.833 bits per heavy atom. The van der Waals surface area contributed by atoms with Crippen LogP contribution in [0.25, 0.3) is 0 Å². The number of likely N-dealkylation sites (tertiary alicyclic amines) is 1. The highest BCUT2D eigenvalue weighted by Crippen LogP contribution is 2.31. The molecule has 24 heavy (non-hydrogen) atoms. The molecule has 0 bridgehead atoms. The van der Waals surface area contributed by atoms with Gasteiger partial charge in [0.05, 0.1) is 0 Å². The minimum Gasteiger partial charge on any atom is -0.303 e. The van der Waals surface area contributed by atoms with E-state index in [1.807, 2.05) is 0 Å². The van der Waals surface area contributed by atoms with Gasteiger partial charge < -0.3 is 4.90 Å². The third-order valence-corrected chi connectivity index (χ3v) is 5.31. The highest BCUT2D eigenvalue weighted by Gasteiger charge is 2.19. The Balaban J connectivity index is 1.80. The van der Waals surface area contributed by atoms with Crippen molar-refractivity contribution < 1.29 is 0 Å². The summed E-state index contributed by atoms with van der Waals surface area (Å²) >= 11 is 0. The predicted molar refractivity (Wildman–Crippen MR) is 104 cm³/mol. The quantitative estimate of drug-likeness (QED) is 0.692. The molecule has 1 heteroatoms. The van der Waals surface area contributed by atoms with Gasteiger partial charge in [0.25, 0.3) is 0 Å². The van der Waals surface area contributed by atoms with Crippen LogP contribution in [0.15, 0.2) is 54.6 Å². The van der Waals surface area contributed by atoms with Gasteiger partial charge in [0.15, 0.2) is 0 Å². The number of benzene rings is 2. The van der Waals surface area contributed by atoms with Gasteiger partial charge in [0, 0.05) is 5.92 Å². The molecule has 2 aromatic carbocycles. The van der Waals surface area contributed by atoms with Crippen molar-refractivity contribution in [3.05, 3.63) is 71.3 Å². The van der Waals surface area contributed by atoms with Crippen LogP contribution in [0.5, 0.6) is 0 Å². The van der Waals surface area contributed by atoms with Crippen LogP contribution < -0.4 is 0 Å². The van der Waals surface area contributed by atoms with Crippen molar-refractivity contribution in [3.63, 3.8) is 0 Å². The van der Waals surface area contributed by atoms with E-state index in [1.165, 1.54) is 55.6 Å². The molecule has 1 aliphatic rings. The molecule has 0 spiro atoms. The van der Waals surface area contributed by atoms with Crippen LogP contribution in [0.4, 0.5) is 0 Å². The van der Waals surface area contributed by atoms with Crippen LogP contribution in [0, 0.1) is 0 Å². The Morgan fingerprint density at radius 2 is 1.42 bits per heavy atom. The smallest absolute Gasteiger partial charge is 0.0101 e. The van der Waals surface area contributed by atoms with Crippen molar-refractivity contribution >= 4 is 0 Å². The maximum atomic E-state index is 2.62. The molecule has 0 amide bonds. The molecule has 0 aliphatic carbocycles. The van der Waals surface area contributed by atoms with Crippen molar-refractivity contribution in [2.75, 3.05) is 19.6 Å². The molecule has 1 atom stereocenters. The SMILES string of the molecule is CC(C)(C)c1ccc(C(CCN2CCCC2)c2ccccc2)cc1. The summed E-state index contributed by atoms with van der Waals surface area (Å²) in [7, 11) is 0. The van der Waals surface area contributed by atoms with Gasteiger partial charge in [-0.1, -0.05) is 75.4 Å². The molecule has 1 unspecified atom stereocenters. The molecule has 1 saturated heterocycles. The van der Waals surface area contributed by atoms with E-state index in [9.17, 15) is 0 Å². The zero-order valence-corrected chi connectivity index (χ0v) is 15.5. The Hall–Kier alpha value is -1.60. The second kappa shape index (κ2) is 7.53. The van der Waals surface area contributed by atoms with E-state index in [2.05, 4.69) is 80.3 Å². The number of hydrogen-bond donors (Lipinski definition) is 0. The van der Waals surface area contributed by atoms with Crippen LogP contribution in [0.3, 0.4) is 0 Å². The zero-order valence-electron chi connectivity index (χ0n) is 15.5. The van der Waals surface area contributed by atoms with Crippen molar-refractivity contribution in [2.24, 2.45) is 0 Å². The van der Waals surface area contributed by atoms with Gasteiger partial charge in [-0.15, -0.1) is 0 Å². The Kier molecular flexibility index (Phi) is 5.40. The van der Waals surface area contributed by atoms with Gasteiger partial charge in [0.1, 0.15) is 0 Å². The van der Waals surface area contributed by atoms with Crippen LogP contribution in [0.1, 0.15) is 62.6 Å². The summed E-state index contributed by atoms with van der Waals surface area (Å²) in [5.41, 5.74) is 4.53. The van der Waals surface area contributed by atoms with E-state index in [0.717, 1.165) is 0 Å². The van der Waals surface area contributed by atoms with Gasteiger partial charge in [-0.05, 0) is 61.0 Å². The molecule has 1 nitrogen and oxygen atoms in total. The van der Waals surface area contributed by atoms with Crippen LogP contribution in [-0.4, -0.2) is 24.5 Å². The topological polar surface area (TPSA) is 3.24 Å². The molecule has 3 rings (SSSR count). The minimum absolute atomic E-state index is 0.219. The Labute approximate surface area is 147 Å². The first-order chi connectivity index (χ1) is 11.5. The fourth-order valence-corrected chi connectivity index (χ4v) is 3.74. The third-order valence-electron chi connectivity index (χ3n) is 5.31. The molecule has 0 saturated carbocycles. The molecule has 2 aromatic rings. The summed E-state index contributed by atoms with van der Waals surface area (Å²) in [5, 5.41) is 0. The van der Waals surface area contributed by atoms with Gasteiger partial charge >= 0.3 is 0 Å². The van der Waals surface area contributed by atoms with E-state index >= 15 is 0 Å². The maximum absolute atomic E-state index is 2.62. The molecule has 1 heterocycles.